The molecule has 0 aliphatic heterocycles. The first-order valence-corrected chi connectivity index (χ1v) is 5.87. The third-order valence-electron chi connectivity index (χ3n) is 2.62. The van der Waals surface area contributed by atoms with Gasteiger partial charge in [0.05, 0.1) is 0 Å². The van der Waals surface area contributed by atoms with Crippen LogP contribution in [0.5, 0.6) is 0 Å². The van der Waals surface area contributed by atoms with Gasteiger partial charge in [0, 0.05) is 6.04 Å². The van der Waals surface area contributed by atoms with Crippen LogP contribution in [0, 0.1) is 12.8 Å². The van der Waals surface area contributed by atoms with Crippen molar-refractivity contribution in [2.24, 2.45) is 5.92 Å². The molecule has 0 aromatic heterocycles. The zero-order chi connectivity index (χ0) is 12.0. The first-order valence-electron chi connectivity index (χ1n) is 5.87. The average Bonchev–Trinajstić information content (AvgIpc) is 2.16. The number of carbonyl (C=O) groups excluding carboxylic acids is 1. The van der Waals surface area contributed by atoms with Gasteiger partial charge in [-0.15, -0.1) is 0 Å². The van der Waals surface area contributed by atoms with E-state index in [4.69, 9.17) is 0 Å². The molecule has 0 heterocycles. The van der Waals surface area contributed by atoms with E-state index in [9.17, 15) is 4.79 Å². The fourth-order valence-electron chi connectivity index (χ4n) is 2.00. The Morgan fingerprint density at radius 3 is 2.69 bits per heavy atom. The molecule has 0 bridgehead atoms. The number of nitrogens with one attached hydrogen (secondary N) is 1. The fraction of sp³-hybridized carbons (Fsp3) is 0.500. The van der Waals surface area contributed by atoms with E-state index in [1.165, 1.54) is 11.1 Å². The smallest absolute Gasteiger partial charge is 0.207 e. The van der Waals surface area contributed by atoms with E-state index < -0.39 is 0 Å². The molecule has 16 heavy (non-hydrogen) atoms. The van der Waals surface area contributed by atoms with Crippen LogP contribution in [0.25, 0.3) is 0 Å². The van der Waals surface area contributed by atoms with Crippen LogP contribution in [0.2, 0.25) is 0 Å². The minimum absolute atomic E-state index is 0.249. The van der Waals surface area contributed by atoms with Crippen LogP contribution in [0.1, 0.15) is 31.4 Å². The molecule has 1 aromatic carbocycles. The Morgan fingerprint density at radius 2 is 2.12 bits per heavy atom. The van der Waals surface area contributed by atoms with Gasteiger partial charge in [-0.05, 0) is 31.2 Å². The molecule has 0 saturated heterocycles. The highest BCUT2D eigenvalue weighted by atomic mass is 16.1. The van der Waals surface area contributed by atoms with E-state index >= 15 is 0 Å². The number of hydrogen-bond donors (Lipinski definition) is 1. The van der Waals surface area contributed by atoms with Gasteiger partial charge in [-0.2, -0.15) is 0 Å². The number of benzene rings is 1. The lowest BCUT2D eigenvalue weighted by Crippen LogP contribution is -2.31. The van der Waals surface area contributed by atoms with Gasteiger partial charge >= 0.3 is 0 Å². The van der Waals surface area contributed by atoms with Crippen LogP contribution in [-0.2, 0) is 11.2 Å². The summed E-state index contributed by atoms with van der Waals surface area (Å²) in [6.07, 6.45) is 2.74. The van der Waals surface area contributed by atoms with Gasteiger partial charge in [0.2, 0.25) is 6.41 Å². The van der Waals surface area contributed by atoms with E-state index in [1.54, 1.807) is 0 Å². The number of aryl methyl sites for hydroxylation is 1. The Morgan fingerprint density at radius 1 is 1.38 bits per heavy atom. The summed E-state index contributed by atoms with van der Waals surface area (Å²) in [5.41, 5.74) is 2.56. The molecule has 1 amide bonds. The van der Waals surface area contributed by atoms with Crippen molar-refractivity contribution < 1.29 is 4.79 Å². The van der Waals surface area contributed by atoms with E-state index in [0.717, 1.165) is 19.3 Å². The van der Waals surface area contributed by atoms with Crippen LogP contribution in [0.15, 0.2) is 24.3 Å². The van der Waals surface area contributed by atoms with Gasteiger partial charge in [-0.1, -0.05) is 43.7 Å². The minimum atomic E-state index is 0.249. The molecule has 88 valence electrons. The molecule has 0 aliphatic rings. The number of hydrogen-bond acceptors (Lipinski definition) is 1. The van der Waals surface area contributed by atoms with Crippen LogP contribution >= 0.6 is 0 Å². The highest BCUT2D eigenvalue weighted by Gasteiger charge is 2.10. The number of rotatable bonds is 6. The highest BCUT2D eigenvalue weighted by Crippen LogP contribution is 2.12. The quantitative estimate of drug-likeness (QED) is 0.732. The maximum Gasteiger partial charge on any atom is 0.207 e. The SMILES string of the molecule is Cc1cccc(CC(CC(C)C)NC=O)c1. The number of carbonyl (C=O) groups is 1. The second-order valence-electron chi connectivity index (χ2n) is 4.80. The van der Waals surface area contributed by atoms with Crippen molar-refractivity contribution in [1.82, 2.24) is 5.32 Å². The normalized spacial score (nSPS) is 12.5. The Kier molecular flexibility index (Phi) is 5.03. The Bertz CT molecular complexity index is 333. The third kappa shape index (κ3) is 4.47. The monoisotopic (exact) mass is 219 g/mol. The average molecular weight is 219 g/mol. The van der Waals surface area contributed by atoms with E-state index in [2.05, 4.69) is 50.4 Å². The molecule has 0 spiro atoms. The standard InChI is InChI=1S/C14H21NO/c1-11(2)7-14(15-10-16)9-13-6-4-5-12(3)8-13/h4-6,8,10-11,14H,7,9H2,1-3H3,(H,15,16). The molecule has 1 unspecified atom stereocenters. The van der Waals surface area contributed by atoms with E-state index in [1.807, 2.05) is 0 Å². The van der Waals surface area contributed by atoms with Gasteiger partial charge in [-0.3, -0.25) is 4.79 Å². The summed E-state index contributed by atoms with van der Waals surface area (Å²) < 4.78 is 0. The van der Waals surface area contributed by atoms with Crippen LogP contribution in [0.3, 0.4) is 0 Å². The first-order chi connectivity index (χ1) is 7.61. The van der Waals surface area contributed by atoms with E-state index in [-0.39, 0.29) is 6.04 Å². The van der Waals surface area contributed by atoms with Gasteiger partial charge in [0.1, 0.15) is 0 Å². The van der Waals surface area contributed by atoms with Crippen molar-refractivity contribution in [2.45, 2.75) is 39.7 Å². The summed E-state index contributed by atoms with van der Waals surface area (Å²) in [6, 6.07) is 8.71. The summed E-state index contributed by atoms with van der Waals surface area (Å²) in [6.45, 7) is 6.44. The lowest BCUT2D eigenvalue weighted by atomic mass is 9.97. The molecule has 0 radical (unpaired) electrons. The number of amides is 1. The van der Waals surface area contributed by atoms with Crippen molar-refractivity contribution in [3.63, 3.8) is 0 Å². The Hall–Kier alpha value is -1.31. The molecule has 2 heteroatoms. The van der Waals surface area contributed by atoms with Gasteiger partial charge in [0.15, 0.2) is 0 Å². The maximum atomic E-state index is 10.5. The molecule has 2 nitrogen and oxygen atoms in total. The fourth-order valence-corrected chi connectivity index (χ4v) is 2.00. The third-order valence-corrected chi connectivity index (χ3v) is 2.62. The highest BCUT2D eigenvalue weighted by molar-refractivity contribution is 5.46. The summed E-state index contributed by atoms with van der Waals surface area (Å²) in [5, 5.41) is 2.90. The first kappa shape index (κ1) is 12.8. The van der Waals surface area contributed by atoms with Crippen LogP contribution in [-0.4, -0.2) is 12.5 Å². The lowest BCUT2D eigenvalue weighted by Gasteiger charge is -2.18. The van der Waals surface area contributed by atoms with Crippen molar-refractivity contribution >= 4 is 6.41 Å². The molecule has 1 atom stereocenters. The van der Waals surface area contributed by atoms with Crippen molar-refractivity contribution in [3.8, 4) is 0 Å². The second-order valence-corrected chi connectivity index (χ2v) is 4.80. The van der Waals surface area contributed by atoms with Crippen molar-refractivity contribution in [1.29, 1.82) is 0 Å². The molecule has 0 aliphatic carbocycles. The van der Waals surface area contributed by atoms with Crippen molar-refractivity contribution in [2.75, 3.05) is 0 Å². The summed E-state index contributed by atoms with van der Waals surface area (Å²) in [7, 11) is 0. The molecular weight excluding hydrogens is 198 g/mol. The minimum Gasteiger partial charge on any atom is -0.356 e. The maximum absolute atomic E-state index is 10.5. The lowest BCUT2D eigenvalue weighted by molar-refractivity contribution is -0.110. The largest absolute Gasteiger partial charge is 0.356 e. The summed E-state index contributed by atoms with van der Waals surface area (Å²) in [4.78, 5) is 10.5. The topological polar surface area (TPSA) is 29.1 Å². The van der Waals surface area contributed by atoms with E-state index in [0.29, 0.717) is 5.92 Å². The molecule has 1 rings (SSSR count). The summed E-state index contributed by atoms with van der Waals surface area (Å²) in [5.74, 6) is 0.599. The second kappa shape index (κ2) is 6.31. The molecule has 0 saturated carbocycles. The molecule has 1 N–H and O–H groups in total. The van der Waals surface area contributed by atoms with Gasteiger partial charge in [-0.25, -0.2) is 0 Å². The van der Waals surface area contributed by atoms with Crippen LogP contribution < -0.4 is 5.32 Å². The van der Waals surface area contributed by atoms with Crippen molar-refractivity contribution in [3.05, 3.63) is 35.4 Å². The van der Waals surface area contributed by atoms with Gasteiger partial charge < -0.3 is 5.32 Å². The Labute approximate surface area is 98.1 Å². The predicted molar refractivity (Wildman–Crippen MR) is 67.3 cm³/mol. The Balaban J connectivity index is 2.63. The molecule has 1 aromatic rings. The zero-order valence-corrected chi connectivity index (χ0v) is 10.4. The van der Waals surface area contributed by atoms with Crippen LogP contribution in [0.4, 0.5) is 0 Å². The predicted octanol–water partition coefficient (Wildman–Crippen LogP) is 2.70. The molecular formula is C14H21NO. The van der Waals surface area contributed by atoms with Gasteiger partial charge in [0.25, 0.3) is 0 Å². The summed E-state index contributed by atoms with van der Waals surface area (Å²) >= 11 is 0. The zero-order valence-electron chi connectivity index (χ0n) is 10.4. The molecule has 0 fully saturated rings.